The zero-order valence-corrected chi connectivity index (χ0v) is 16.8. The van der Waals surface area contributed by atoms with E-state index in [4.69, 9.17) is 0 Å². The maximum absolute atomic E-state index is 12.5. The third kappa shape index (κ3) is 3.77. The minimum Gasteiger partial charge on any atom is -0.293 e. The molecule has 0 fully saturated rings. The predicted molar refractivity (Wildman–Crippen MR) is 107 cm³/mol. The van der Waals surface area contributed by atoms with Crippen molar-refractivity contribution in [1.82, 2.24) is 9.97 Å². The first kappa shape index (κ1) is 18.1. The van der Waals surface area contributed by atoms with Crippen molar-refractivity contribution < 1.29 is 4.79 Å². The van der Waals surface area contributed by atoms with Crippen LogP contribution in [0.2, 0.25) is 0 Å². The number of fused-ring (bicyclic) bond motifs is 1. The number of carbonyl (C=O) groups excluding carboxylic acids is 1. The van der Waals surface area contributed by atoms with Crippen LogP contribution in [0.4, 0.5) is 0 Å². The highest BCUT2D eigenvalue weighted by molar-refractivity contribution is 8.00. The average Bonchev–Trinajstić information content (AvgIpc) is 2.87. The van der Waals surface area contributed by atoms with Crippen LogP contribution in [0.25, 0.3) is 10.2 Å². The molecule has 0 aliphatic heterocycles. The Hall–Kier alpha value is -1.72. The third-order valence-electron chi connectivity index (χ3n) is 4.34. The van der Waals surface area contributed by atoms with E-state index in [2.05, 4.69) is 44.6 Å². The lowest BCUT2D eigenvalue weighted by molar-refractivity contribution is 0.102. The SMILES string of the molecule is Cc1sc2ncnc(SCC(=O)c3ccc(C(C)(C)C)cc3)c2c1C. The molecule has 0 saturated heterocycles. The number of thiophene rings is 1. The quantitative estimate of drug-likeness (QED) is 0.341. The van der Waals surface area contributed by atoms with Crippen molar-refractivity contribution in [1.29, 1.82) is 0 Å². The minimum absolute atomic E-state index is 0.0945. The summed E-state index contributed by atoms with van der Waals surface area (Å²) in [7, 11) is 0. The Bertz CT molecular complexity index is 921. The second kappa shape index (κ2) is 6.89. The summed E-state index contributed by atoms with van der Waals surface area (Å²) < 4.78 is 0. The van der Waals surface area contributed by atoms with Crippen LogP contribution in [0.3, 0.4) is 0 Å². The molecule has 0 amide bonds. The second-order valence-corrected chi connectivity index (χ2v) is 9.35. The lowest BCUT2D eigenvalue weighted by Crippen LogP contribution is -2.11. The van der Waals surface area contributed by atoms with E-state index in [0.29, 0.717) is 5.75 Å². The van der Waals surface area contributed by atoms with E-state index in [9.17, 15) is 4.79 Å². The number of carbonyl (C=O) groups is 1. The monoisotopic (exact) mass is 370 g/mol. The standard InChI is InChI=1S/C20H22N2OS2/c1-12-13(2)25-19-17(12)18(21-11-22-19)24-10-16(23)14-6-8-15(9-7-14)20(3,4)5/h6-9,11H,10H2,1-5H3. The highest BCUT2D eigenvalue weighted by atomic mass is 32.2. The summed E-state index contributed by atoms with van der Waals surface area (Å²) in [6, 6.07) is 7.96. The minimum atomic E-state index is 0.0945. The normalized spacial score (nSPS) is 11.9. The van der Waals surface area contributed by atoms with Crippen LogP contribution >= 0.6 is 23.1 Å². The summed E-state index contributed by atoms with van der Waals surface area (Å²) in [5.41, 5.74) is 3.30. The molecule has 2 heterocycles. The molecule has 130 valence electrons. The average molecular weight is 371 g/mol. The smallest absolute Gasteiger partial charge is 0.173 e. The second-order valence-electron chi connectivity index (χ2n) is 7.18. The highest BCUT2D eigenvalue weighted by Gasteiger charge is 2.16. The van der Waals surface area contributed by atoms with Gasteiger partial charge < -0.3 is 0 Å². The Labute approximate surface area is 156 Å². The number of rotatable bonds is 4. The van der Waals surface area contributed by atoms with Gasteiger partial charge in [0, 0.05) is 15.8 Å². The van der Waals surface area contributed by atoms with Crippen LogP contribution in [-0.2, 0) is 5.41 Å². The summed E-state index contributed by atoms with van der Waals surface area (Å²) >= 11 is 3.17. The van der Waals surface area contributed by atoms with E-state index in [1.807, 2.05) is 24.3 Å². The van der Waals surface area contributed by atoms with Crippen LogP contribution in [-0.4, -0.2) is 21.5 Å². The zero-order valence-electron chi connectivity index (χ0n) is 15.2. The van der Waals surface area contributed by atoms with Crippen molar-refractivity contribution in [2.45, 2.75) is 45.1 Å². The van der Waals surface area contributed by atoms with Crippen LogP contribution in [0.15, 0.2) is 35.6 Å². The van der Waals surface area contributed by atoms with Gasteiger partial charge in [0.1, 0.15) is 16.2 Å². The number of hydrogen-bond acceptors (Lipinski definition) is 5. The maximum atomic E-state index is 12.5. The lowest BCUT2D eigenvalue weighted by Gasteiger charge is -2.18. The molecule has 5 heteroatoms. The number of aryl methyl sites for hydroxylation is 2. The van der Waals surface area contributed by atoms with Crippen molar-refractivity contribution in [3.63, 3.8) is 0 Å². The third-order valence-corrected chi connectivity index (χ3v) is 6.45. The zero-order chi connectivity index (χ0) is 18.2. The molecule has 0 spiro atoms. The van der Waals surface area contributed by atoms with Crippen molar-refractivity contribution >= 4 is 39.1 Å². The number of thioether (sulfide) groups is 1. The Morgan fingerprint density at radius 2 is 1.80 bits per heavy atom. The summed E-state index contributed by atoms with van der Waals surface area (Å²) in [6.45, 7) is 10.7. The first-order chi connectivity index (χ1) is 11.8. The van der Waals surface area contributed by atoms with Gasteiger partial charge in [-0.05, 0) is 30.4 Å². The number of ketones is 1. The van der Waals surface area contributed by atoms with Gasteiger partial charge in [-0.2, -0.15) is 0 Å². The molecule has 0 unspecified atom stereocenters. The predicted octanol–water partition coefficient (Wildman–Crippen LogP) is 5.58. The summed E-state index contributed by atoms with van der Waals surface area (Å²) in [5.74, 6) is 0.511. The van der Waals surface area contributed by atoms with E-state index < -0.39 is 0 Å². The molecular formula is C20H22N2OS2. The van der Waals surface area contributed by atoms with E-state index in [-0.39, 0.29) is 11.2 Å². The van der Waals surface area contributed by atoms with Gasteiger partial charge in [-0.15, -0.1) is 11.3 Å². The van der Waals surface area contributed by atoms with E-state index in [1.54, 1.807) is 17.7 Å². The highest BCUT2D eigenvalue weighted by Crippen LogP contribution is 2.34. The van der Waals surface area contributed by atoms with Crippen LogP contribution in [0, 0.1) is 13.8 Å². The molecule has 1 aromatic carbocycles. The first-order valence-corrected chi connectivity index (χ1v) is 10.0. The Balaban J connectivity index is 1.77. The fourth-order valence-corrected chi connectivity index (χ4v) is 4.64. The van der Waals surface area contributed by atoms with Crippen LogP contribution in [0.5, 0.6) is 0 Å². The number of hydrogen-bond donors (Lipinski definition) is 0. The maximum Gasteiger partial charge on any atom is 0.173 e. The molecule has 3 aromatic rings. The fraction of sp³-hybridized carbons (Fsp3) is 0.350. The number of nitrogens with zero attached hydrogens (tertiary/aromatic N) is 2. The number of Topliss-reactive ketones (excluding diaryl/α,β-unsaturated/α-hetero) is 1. The largest absolute Gasteiger partial charge is 0.293 e. The first-order valence-electron chi connectivity index (χ1n) is 8.24. The van der Waals surface area contributed by atoms with Gasteiger partial charge in [0.25, 0.3) is 0 Å². The molecule has 3 rings (SSSR count). The topological polar surface area (TPSA) is 42.9 Å². The Morgan fingerprint density at radius 1 is 1.12 bits per heavy atom. The molecule has 25 heavy (non-hydrogen) atoms. The summed E-state index contributed by atoms with van der Waals surface area (Å²) in [4.78, 5) is 23.5. The molecule has 0 atom stereocenters. The Kier molecular flexibility index (Phi) is 4.98. The van der Waals surface area contributed by atoms with Gasteiger partial charge in [-0.1, -0.05) is 56.8 Å². The van der Waals surface area contributed by atoms with E-state index in [0.717, 1.165) is 20.8 Å². The Morgan fingerprint density at radius 3 is 2.44 bits per heavy atom. The van der Waals surface area contributed by atoms with Crippen molar-refractivity contribution in [2.24, 2.45) is 0 Å². The lowest BCUT2D eigenvalue weighted by atomic mass is 9.86. The van der Waals surface area contributed by atoms with Gasteiger partial charge in [0.05, 0.1) is 5.75 Å². The molecule has 0 aliphatic rings. The fourth-order valence-electron chi connectivity index (χ4n) is 2.63. The van der Waals surface area contributed by atoms with Gasteiger partial charge in [-0.3, -0.25) is 4.79 Å². The van der Waals surface area contributed by atoms with Crippen molar-refractivity contribution in [3.8, 4) is 0 Å². The van der Waals surface area contributed by atoms with Gasteiger partial charge in [0.15, 0.2) is 5.78 Å². The summed E-state index contributed by atoms with van der Waals surface area (Å²) in [5, 5.41) is 1.98. The number of benzene rings is 1. The summed E-state index contributed by atoms with van der Waals surface area (Å²) in [6.07, 6.45) is 1.59. The van der Waals surface area contributed by atoms with Gasteiger partial charge in [-0.25, -0.2) is 9.97 Å². The van der Waals surface area contributed by atoms with Crippen molar-refractivity contribution in [2.75, 3.05) is 5.75 Å². The van der Waals surface area contributed by atoms with Crippen LogP contribution < -0.4 is 0 Å². The number of aromatic nitrogens is 2. The van der Waals surface area contributed by atoms with Crippen LogP contribution in [0.1, 0.15) is 47.1 Å². The molecule has 0 saturated carbocycles. The van der Waals surface area contributed by atoms with Gasteiger partial charge >= 0.3 is 0 Å². The molecule has 3 nitrogen and oxygen atoms in total. The molecule has 0 N–H and O–H groups in total. The van der Waals surface area contributed by atoms with E-state index >= 15 is 0 Å². The van der Waals surface area contributed by atoms with Gasteiger partial charge in [0.2, 0.25) is 0 Å². The molecule has 0 aliphatic carbocycles. The molecule has 2 aromatic heterocycles. The molecular weight excluding hydrogens is 348 g/mol. The van der Waals surface area contributed by atoms with E-state index in [1.165, 1.54) is 27.8 Å². The molecule has 0 radical (unpaired) electrons. The van der Waals surface area contributed by atoms with Crippen molar-refractivity contribution in [3.05, 3.63) is 52.2 Å². The molecule has 0 bridgehead atoms.